The minimum absolute atomic E-state index is 0.150. The molecule has 1 aromatic heterocycles. The van der Waals surface area contributed by atoms with Crippen molar-refractivity contribution in [1.82, 2.24) is 4.98 Å². The zero-order chi connectivity index (χ0) is 22.4. The molecule has 32 heavy (non-hydrogen) atoms. The van der Waals surface area contributed by atoms with E-state index >= 15 is 0 Å². The van der Waals surface area contributed by atoms with Gasteiger partial charge in [-0.1, -0.05) is 67.1 Å². The van der Waals surface area contributed by atoms with Crippen molar-refractivity contribution in [2.75, 3.05) is 33.9 Å². The molecule has 2 aromatic carbocycles. The van der Waals surface area contributed by atoms with E-state index in [0.717, 1.165) is 54.6 Å². The summed E-state index contributed by atoms with van der Waals surface area (Å²) in [4.78, 5) is 4.54. The fourth-order valence-electron chi connectivity index (χ4n) is 4.36. The number of aromatic nitrogens is 1. The normalized spacial score (nSPS) is 16.5. The van der Waals surface area contributed by atoms with Gasteiger partial charge in [0, 0.05) is 5.92 Å². The molecular weight excluding hydrogens is 400 g/mol. The van der Waals surface area contributed by atoms with Gasteiger partial charge in [0.25, 0.3) is 0 Å². The first kappa shape index (κ1) is 22.7. The van der Waals surface area contributed by atoms with Gasteiger partial charge in [-0.15, -0.1) is 0 Å². The van der Waals surface area contributed by atoms with Crippen LogP contribution in [0, 0.1) is 5.92 Å². The van der Waals surface area contributed by atoms with E-state index in [0.29, 0.717) is 19.0 Å². The van der Waals surface area contributed by atoms with E-state index in [-0.39, 0.29) is 5.92 Å². The first-order chi connectivity index (χ1) is 15.5. The van der Waals surface area contributed by atoms with Gasteiger partial charge in [0.15, 0.2) is 11.4 Å². The van der Waals surface area contributed by atoms with E-state index < -0.39 is 5.60 Å². The minimum atomic E-state index is -1.16. The van der Waals surface area contributed by atoms with Crippen LogP contribution >= 0.6 is 0 Å². The Bertz CT molecular complexity index is 967. The smallest absolute Gasteiger partial charge is 0.231 e. The zero-order valence-electron chi connectivity index (χ0n) is 19.2. The monoisotopic (exact) mass is 435 g/mol. The van der Waals surface area contributed by atoms with Gasteiger partial charge in [-0.2, -0.15) is 0 Å². The number of hydrogen-bond donors (Lipinski definition) is 1. The zero-order valence-corrected chi connectivity index (χ0v) is 19.2. The van der Waals surface area contributed by atoms with Crippen LogP contribution in [0.1, 0.15) is 42.0 Å². The fraction of sp³-hybridized carbons (Fsp3) is 0.444. The number of ether oxygens (including phenoxy) is 1. The third kappa shape index (κ3) is 5.29. The molecule has 1 saturated carbocycles. The number of aliphatic hydroxyl groups is 1. The molecule has 170 valence electrons. The summed E-state index contributed by atoms with van der Waals surface area (Å²) in [5, 5.41) is 11.7. The van der Waals surface area contributed by atoms with Crippen molar-refractivity contribution < 1.29 is 18.7 Å². The van der Waals surface area contributed by atoms with Gasteiger partial charge in [-0.3, -0.25) is 0 Å². The second-order valence-electron chi connectivity index (χ2n) is 9.56. The molecule has 1 aliphatic rings. The number of quaternary nitrogens is 1. The molecule has 4 rings (SSSR count). The summed E-state index contributed by atoms with van der Waals surface area (Å²) < 4.78 is 12.8. The lowest BCUT2D eigenvalue weighted by molar-refractivity contribution is -0.904. The Balaban J connectivity index is 1.34. The maximum atomic E-state index is 11.7. The molecule has 3 aromatic rings. The molecule has 1 fully saturated rings. The molecule has 1 unspecified atom stereocenters. The molecule has 0 spiro atoms. The minimum Gasteiger partial charge on any atom is -0.436 e. The standard InChI is InChI=1S/C27H35N2O3/c1-29(2,17-19-31-18-16-22-10-5-3-6-11-22)21-25-20-28-26(32-25)27(30,24-14-9-15-24)23-12-7-4-8-13-23/h3-8,10-13,20,24,30H,9,14-19,21H2,1-2H3/q+1. The number of rotatable bonds is 11. The van der Waals surface area contributed by atoms with Crippen LogP contribution in [0.4, 0.5) is 0 Å². The van der Waals surface area contributed by atoms with E-state index in [2.05, 4.69) is 43.3 Å². The highest BCUT2D eigenvalue weighted by molar-refractivity contribution is 5.30. The number of likely N-dealkylation sites (N-methyl/N-ethyl adjacent to an activating group) is 1. The molecule has 0 aliphatic heterocycles. The van der Waals surface area contributed by atoms with E-state index in [9.17, 15) is 5.11 Å². The predicted molar refractivity (Wildman–Crippen MR) is 125 cm³/mol. The lowest BCUT2D eigenvalue weighted by Crippen LogP contribution is -2.41. The van der Waals surface area contributed by atoms with Gasteiger partial charge < -0.3 is 18.7 Å². The van der Waals surface area contributed by atoms with Crippen molar-refractivity contribution in [1.29, 1.82) is 0 Å². The number of nitrogens with zero attached hydrogens (tertiary/aromatic N) is 2. The average Bonchev–Trinajstić information content (AvgIpc) is 3.22. The summed E-state index contributed by atoms with van der Waals surface area (Å²) in [5.41, 5.74) is 1.00. The SMILES string of the molecule is C[N+](C)(CCOCCc1ccccc1)Cc1cnc(C(O)(c2ccccc2)C2CCC2)o1. The second kappa shape index (κ2) is 9.99. The third-order valence-corrected chi connectivity index (χ3v) is 6.59. The fourth-order valence-corrected chi connectivity index (χ4v) is 4.36. The molecule has 5 nitrogen and oxygen atoms in total. The number of oxazole rings is 1. The molecule has 1 heterocycles. The lowest BCUT2D eigenvalue weighted by Gasteiger charge is -2.39. The Morgan fingerprint density at radius 2 is 1.72 bits per heavy atom. The highest BCUT2D eigenvalue weighted by Gasteiger charge is 2.47. The Hall–Kier alpha value is -2.47. The summed E-state index contributed by atoms with van der Waals surface area (Å²) in [6.07, 6.45) is 5.83. The Kier molecular flexibility index (Phi) is 7.09. The molecule has 0 radical (unpaired) electrons. The van der Waals surface area contributed by atoms with Crippen molar-refractivity contribution in [3.8, 4) is 0 Å². The first-order valence-electron chi connectivity index (χ1n) is 11.6. The number of benzene rings is 2. The molecular formula is C27H35N2O3+. The molecule has 5 heteroatoms. The molecule has 0 bridgehead atoms. The van der Waals surface area contributed by atoms with Gasteiger partial charge in [0.1, 0.15) is 13.1 Å². The molecule has 0 saturated heterocycles. The third-order valence-electron chi connectivity index (χ3n) is 6.59. The Labute approximate surface area is 191 Å². The van der Waals surface area contributed by atoms with Crippen molar-refractivity contribution >= 4 is 0 Å². The largest absolute Gasteiger partial charge is 0.436 e. The van der Waals surface area contributed by atoms with Gasteiger partial charge >= 0.3 is 0 Å². The van der Waals surface area contributed by atoms with Gasteiger partial charge in [0.2, 0.25) is 5.89 Å². The van der Waals surface area contributed by atoms with Gasteiger partial charge in [0.05, 0.1) is 33.5 Å². The summed E-state index contributed by atoms with van der Waals surface area (Å²) in [5.74, 6) is 1.36. The first-order valence-corrected chi connectivity index (χ1v) is 11.6. The predicted octanol–water partition coefficient (Wildman–Crippen LogP) is 4.55. The summed E-state index contributed by atoms with van der Waals surface area (Å²) >= 11 is 0. The average molecular weight is 436 g/mol. The van der Waals surface area contributed by atoms with Crippen LogP contribution in [-0.2, 0) is 23.3 Å². The van der Waals surface area contributed by atoms with E-state index in [1.165, 1.54) is 5.56 Å². The molecule has 1 atom stereocenters. The highest BCUT2D eigenvalue weighted by Crippen LogP contribution is 2.46. The topological polar surface area (TPSA) is 55.5 Å². The Morgan fingerprint density at radius 1 is 1.03 bits per heavy atom. The van der Waals surface area contributed by atoms with E-state index in [4.69, 9.17) is 9.15 Å². The van der Waals surface area contributed by atoms with Crippen LogP contribution < -0.4 is 0 Å². The summed E-state index contributed by atoms with van der Waals surface area (Å²) in [6.45, 7) is 2.99. The molecule has 1 aliphatic carbocycles. The molecule has 0 amide bonds. The van der Waals surface area contributed by atoms with Crippen LogP contribution in [0.5, 0.6) is 0 Å². The van der Waals surface area contributed by atoms with Crippen LogP contribution in [-0.4, -0.2) is 48.4 Å². The summed E-state index contributed by atoms with van der Waals surface area (Å²) in [7, 11) is 4.33. The van der Waals surface area contributed by atoms with Crippen LogP contribution in [0.3, 0.4) is 0 Å². The van der Waals surface area contributed by atoms with Crippen molar-refractivity contribution in [3.05, 3.63) is 89.6 Å². The maximum Gasteiger partial charge on any atom is 0.231 e. The van der Waals surface area contributed by atoms with Gasteiger partial charge in [-0.05, 0) is 30.4 Å². The van der Waals surface area contributed by atoms with Crippen LogP contribution in [0.25, 0.3) is 0 Å². The van der Waals surface area contributed by atoms with E-state index in [1.54, 1.807) is 6.20 Å². The van der Waals surface area contributed by atoms with Crippen molar-refractivity contribution in [2.24, 2.45) is 5.92 Å². The maximum absolute atomic E-state index is 11.7. The molecule has 1 N–H and O–H groups in total. The van der Waals surface area contributed by atoms with Crippen molar-refractivity contribution in [2.45, 2.75) is 37.8 Å². The highest BCUT2D eigenvalue weighted by atomic mass is 16.5. The van der Waals surface area contributed by atoms with E-state index in [1.807, 2.05) is 36.4 Å². The van der Waals surface area contributed by atoms with Gasteiger partial charge in [-0.25, -0.2) is 4.98 Å². The van der Waals surface area contributed by atoms with Crippen molar-refractivity contribution in [3.63, 3.8) is 0 Å². The quantitative estimate of drug-likeness (QED) is 0.355. The Morgan fingerprint density at radius 3 is 2.38 bits per heavy atom. The van der Waals surface area contributed by atoms with Crippen LogP contribution in [0.2, 0.25) is 0 Å². The number of hydrogen-bond acceptors (Lipinski definition) is 4. The lowest BCUT2D eigenvalue weighted by atomic mass is 9.69. The summed E-state index contributed by atoms with van der Waals surface area (Å²) in [6, 6.07) is 20.2. The van der Waals surface area contributed by atoms with Crippen LogP contribution in [0.15, 0.2) is 71.3 Å². The second-order valence-corrected chi connectivity index (χ2v) is 9.56.